The highest BCUT2D eigenvalue weighted by molar-refractivity contribution is 7.10. The van der Waals surface area contributed by atoms with Crippen molar-refractivity contribution in [3.05, 3.63) is 58.0 Å². The Morgan fingerprint density at radius 3 is 2.62 bits per heavy atom. The quantitative estimate of drug-likeness (QED) is 0.873. The molecule has 1 aliphatic rings. The van der Waals surface area contributed by atoms with Crippen molar-refractivity contribution in [2.24, 2.45) is 0 Å². The molecule has 1 amide bonds. The Balaban J connectivity index is 1.68. The summed E-state index contributed by atoms with van der Waals surface area (Å²) in [5.41, 5.74) is 0.862. The van der Waals surface area contributed by atoms with Crippen LogP contribution in [0.2, 0.25) is 0 Å². The van der Waals surface area contributed by atoms with Gasteiger partial charge in [-0.1, -0.05) is 18.2 Å². The van der Waals surface area contributed by atoms with Crippen LogP contribution in [0.1, 0.15) is 29.3 Å². The van der Waals surface area contributed by atoms with Crippen LogP contribution in [0.15, 0.2) is 41.8 Å². The topological polar surface area (TPSA) is 52.6 Å². The number of thiophene rings is 1. The summed E-state index contributed by atoms with van der Waals surface area (Å²) >= 11 is 1.56. The van der Waals surface area contributed by atoms with Gasteiger partial charge in [-0.05, 0) is 42.0 Å². The van der Waals surface area contributed by atoms with Gasteiger partial charge in [0.05, 0.1) is 18.7 Å². The van der Waals surface area contributed by atoms with Gasteiger partial charge in [0.1, 0.15) is 5.82 Å². The number of hydrogen-bond donors (Lipinski definition) is 2. The van der Waals surface area contributed by atoms with Gasteiger partial charge in [0, 0.05) is 18.0 Å². The van der Waals surface area contributed by atoms with Crippen LogP contribution < -0.4 is 5.32 Å². The van der Waals surface area contributed by atoms with E-state index in [1.165, 1.54) is 12.1 Å². The maximum absolute atomic E-state index is 13.2. The molecule has 1 aromatic carbocycles. The summed E-state index contributed by atoms with van der Waals surface area (Å²) in [5.74, 6) is -0.351. The molecule has 2 N–H and O–H groups in total. The summed E-state index contributed by atoms with van der Waals surface area (Å²) in [7, 11) is 0. The second kappa shape index (κ2) is 7.88. The molecule has 128 valence electrons. The third kappa shape index (κ3) is 4.41. The van der Waals surface area contributed by atoms with Crippen molar-refractivity contribution in [3.63, 3.8) is 0 Å². The first-order chi connectivity index (χ1) is 11.6. The van der Waals surface area contributed by atoms with Crippen molar-refractivity contribution >= 4 is 17.2 Å². The molecule has 1 fully saturated rings. The predicted octanol–water partition coefficient (Wildman–Crippen LogP) is 2.55. The Morgan fingerprint density at radius 2 is 2.00 bits per heavy atom. The van der Waals surface area contributed by atoms with Crippen molar-refractivity contribution in [1.82, 2.24) is 10.2 Å². The summed E-state index contributed by atoms with van der Waals surface area (Å²) in [6.07, 6.45) is 1.17. The number of rotatable bonds is 5. The van der Waals surface area contributed by atoms with Gasteiger partial charge < -0.3 is 10.4 Å². The lowest BCUT2D eigenvalue weighted by molar-refractivity contribution is -0.123. The zero-order valence-corrected chi connectivity index (χ0v) is 14.1. The van der Waals surface area contributed by atoms with Crippen LogP contribution in [-0.2, 0) is 4.79 Å². The molecular formula is C18H21FN2O2S. The first kappa shape index (κ1) is 17.1. The van der Waals surface area contributed by atoms with Crippen LogP contribution in [0.4, 0.5) is 4.39 Å². The molecular weight excluding hydrogens is 327 g/mol. The van der Waals surface area contributed by atoms with Gasteiger partial charge in [-0.25, -0.2) is 4.39 Å². The van der Waals surface area contributed by atoms with Gasteiger partial charge in [-0.2, -0.15) is 0 Å². The molecule has 1 atom stereocenters. The first-order valence-electron chi connectivity index (χ1n) is 8.10. The highest BCUT2D eigenvalue weighted by Gasteiger charge is 2.22. The molecule has 3 rings (SSSR count). The molecule has 0 bridgehead atoms. The molecule has 1 saturated heterocycles. The fraction of sp³-hybridized carbons (Fsp3) is 0.389. The number of benzene rings is 1. The van der Waals surface area contributed by atoms with E-state index in [4.69, 9.17) is 0 Å². The largest absolute Gasteiger partial charge is 0.393 e. The number of nitrogens with one attached hydrogen (secondary N) is 1. The monoisotopic (exact) mass is 348 g/mol. The number of nitrogens with zero attached hydrogens (tertiary/aromatic N) is 1. The number of amides is 1. The van der Waals surface area contributed by atoms with E-state index < -0.39 is 0 Å². The van der Waals surface area contributed by atoms with Gasteiger partial charge >= 0.3 is 0 Å². The Hall–Kier alpha value is -1.76. The normalized spacial score (nSPS) is 17.6. The number of aliphatic hydroxyl groups excluding tert-OH is 1. The molecule has 0 unspecified atom stereocenters. The van der Waals surface area contributed by atoms with Crippen LogP contribution in [0.3, 0.4) is 0 Å². The average molecular weight is 348 g/mol. The van der Waals surface area contributed by atoms with E-state index in [2.05, 4.69) is 10.2 Å². The predicted molar refractivity (Wildman–Crippen MR) is 92.4 cm³/mol. The van der Waals surface area contributed by atoms with E-state index in [1.54, 1.807) is 23.5 Å². The summed E-state index contributed by atoms with van der Waals surface area (Å²) in [5, 5.41) is 14.6. The second-order valence-corrected chi connectivity index (χ2v) is 7.05. The number of halogens is 1. The fourth-order valence-electron chi connectivity index (χ4n) is 2.92. The summed E-state index contributed by atoms with van der Waals surface area (Å²) in [6, 6.07) is 9.87. The van der Waals surface area contributed by atoms with Gasteiger partial charge in [-0.3, -0.25) is 9.69 Å². The van der Waals surface area contributed by atoms with Crippen molar-refractivity contribution in [2.75, 3.05) is 19.6 Å². The van der Waals surface area contributed by atoms with E-state index in [0.717, 1.165) is 23.5 Å². The number of carbonyl (C=O) groups is 1. The molecule has 0 spiro atoms. The van der Waals surface area contributed by atoms with E-state index in [0.29, 0.717) is 19.4 Å². The Morgan fingerprint density at radius 1 is 1.29 bits per heavy atom. The molecule has 4 nitrogen and oxygen atoms in total. The van der Waals surface area contributed by atoms with Crippen molar-refractivity contribution in [2.45, 2.75) is 25.0 Å². The zero-order valence-electron chi connectivity index (χ0n) is 13.3. The number of carbonyl (C=O) groups excluding carboxylic acids is 1. The second-order valence-electron chi connectivity index (χ2n) is 6.07. The summed E-state index contributed by atoms with van der Waals surface area (Å²) < 4.78 is 13.2. The van der Waals surface area contributed by atoms with Crippen LogP contribution >= 0.6 is 11.3 Å². The van der Waals surface area contributed by atoms with Gasteiger partial charge in [0.15, 0.2) is 0 Å². The van der Waals surface area contributed by atoms with Crippen molar-refractivity contribution < 1.29 is 14.3 Å². The van der Waals surface area contributed by atoms with Crippen LogP contribution in [0.25, 0.3) is 0 Å². The molecule has 6 heteroatoms. The van der Waals surface area contributed by atoms with E-state index >= 15 is 0 Å². The minimum absolute atomic E-state index is 0.0610. The Bertz CT molecular complexity index is 652. The lowest BCUT2D eigenvalue weighted by Crippen LogP contribution is -2.43. The highest BCUT2D eigenvalue weighted by Crippen LogP contribution is 2.26. The SMILES string of the molecule is O=C(CN1CCC(O)CC1)N[C@H](c1ccc(F)cc1)c1cccs1. The maximum Gasteiger partial charge on any atom is 0.234 e. The molecule has 2 heterocycles. The summed E-state index contributed by atoms with van der Waals surface area (Å²) in [4.78, 5) is 15.5. The van der Waals surface area contributed by atoms with E-state index in [-0.39, 0.29) is 23.9 Å². The van der Waals surface area contributed by atoms with Crippen LogP contribution in [-0.4, -0.2) is 41.7 Å². The van der Waals surface area contributed by atoms with Crippen molar-refractivity contribution in [1.29, 1.82) is 0 Å². The number of piperidine rings is 1. The third-order valence-corrected chi connectivity index (χ3v) is 5.20. The molecule has 2 aromatic rings. The van der Waals surface area contributed by atoms with Gasteiger partial charge in [-0.15, -0.1) is 11.3 Å². The number of hydrogen-bond acceptors (Lipinski definition) is 4. The average Bonchev–Trinajstić information content (AvgIpc) is 3.10. The maximum atomic E-state index is 13.2. The highest BCUT2D eigenvalue weighted by atomic mass is 32.1. The molecule has 0 radical (unpaired) electrons. The minimum atomic E-state index is -0.290. The fourth-order valence-corrected chi connectivity index (χ4v) is 3.72. The lowest BCUT2D eigenvalue weighted by Gasteiger charge is -2.29. The first-order valence-corrected chi connectivity index (χ1v) is 8.98. The van der Waals surface area contributed by atoms with Crippen LogP contribution in [0, 0.1) is 5.82 Å². The molecule has 24 heavy (non-hydrogen) atoms. The third-order valence-electron chi connectivity index (χ3n) is 4.26. The lowest BCUT2D eigenvalue weighted by atomic mass is 10.0. The molecule has 1 aromatic heterocycles. The number of likely N-dealkylation sites (tertiary alicyclic amines) is 1. The minimum Gasteiger partial charge on any atom is -0.393 e. The zero-order chi connectivity index (χ0) is 16.9. The Labute approximate surface area is 144 Å². The standard InChI is InChI=1S/C18H21FN2O2S/c19-14-5-3-13(4-6-14)18(16-2-1-11-24-16)20-17(23)12-21-9-7-15(22)8-10-21/h1-6,11,15,18,22H,7-10,12H2,(H,20,23)/t18-/m1/s1. The van der Waals surface area contributed by atoms with Crippen molar-refractivity contribution in [3.8, 4) is 0 Å². The molecule has 1 aliphatic heterocycles. The van der Waals surface area contributed by atoms with E-state index in [1.807, 2.05) is 17.5 Å². The van der Waals surface area contributed by atoms with Gasteiger partial charge in [0.25, 0.3) is 0 Å². The summed E-state index contributed by atoms with van der Waals surface area (Å²) in [6.45, 7) is 1.78. The van der Waals surface area contributed by atoms with E-state index in [9.17, 15) is 14.3 Å². The smallest absolute Gasteiger partial charge is 0.234 e. The van der Waals surface area contributed by atoms with Crippen LogP contribution in [0.5, 0.6) is 0 Å². The molecule has 0 aliphatic carbocycles. The van der Waals surface area contributed by atoms with Gasteiger partial charge in [0.2, 0.25) is 5.91 Å². The number of aliphatic hydroxyl groups is 1. The Kier molecular flexibility index (Phi) is 5.60. The molecule has 0 saturated carbocycles.